The summed E-state index contributed by atoms with van der Waals surface area (Å²) in [5.74, 6) is 0.825. The minimum atomic E-state index is -0.0207. The second-order valence-electron chi connectivity index (χ2n) is 12.8. The van der Waals surface area contributed by atoms with Crippen molar-refractivity contribution in [2.45, 2.75) is 130 Å². The molecule has 0 saturated heterocycles. The van der Waals surface area contributed by atoms with Crippen LogP contribution >= 0.6 is 11.3 Å². The van der Waals surface area contributed by atoms with E-state index in [0.717, 1.165) is 35.5 Å². The van der Waals surface area contributed by atoms with Crippen molar-refractivity contribution in [3.63, 3.8) is 0 Å². The number of thiazole rings is 1. The highest BCUT2D eigenvalue weighted by atomic mass is 32.1. The second-order valence-corrected chi connectivity index (χ2v) is 13.9. The predicted octanol–water partition coefficient (Wildman–Crippen LogP) is 9.95. The van der Waals surface area contributed by atoms with Gasteiger partial charge in [0.2, 0.25) is 11.4 Å². The third-order valence-electron chi connectivity index (χ3n) is 7.91. The van der Waals surface area contributed by atoms with Gasteiger partial charge in [0.25, 0.3) is 0 Å². The lowest BCUT2D eigenvalue weighted by atomic mass is 9.86. The van der Waals surface area contributed by atoms with Gasteiger partial charge in [-0.05, 0) is 36.5 Å². The summed E-state index contributed by atoms with van der Waals surface area (Å²) in [6.07, 6.45) is 18.3. The Labute approximate surface area is 259 Å². The van der Waals surface area contributed by atoms with Crippen molar-refractivity contribution in [3.05, 3.63) is 75.7 Å². The van der Waals surface area contributed by atoms with Crippen molar-refractivity contribution in [2.75, 3.05) is 11.9 Å². The van der Waals surface area contributed by atoms with E-state index in [0.29, 0.717) is 6.61 Å². The summed E-state index contributed by atoms with van der Waals surface area (Å²) in [6.45, 7) is 12.5. The Morgan fingerprint density at radius 2 is 1.50 bits per heavy atom. The molecule has 0 radical (unpaired) electrons. The van der Waals surface area contributed by atoms with Gasteiger partial charge in [-0.3, -0.25) is 4.79 Å². The van der Waals surface area contributed by atoms with Crippen LogP contribution in [0.3, 0.4) is 0 Å². The number of nitrogens with zero attached hydrogens (tertiary/aromatic N) is 1. The number of benzene rings is 2. The molecule has 42 heavy (non-hydrogen) atoms. The molecule has 0 bridgehead atoms. The van der Waals surface area contributed by atoms with E-state index < -0.39 is 0 Å². The quantitative estimate of drug-likeness (QED) is 0.111. The van der Waals surface area contributed by atoms with E-state index in [-0.39, 0.29) is 17.7 Å². The highest BCUT2D eigenvalue weighted by Crippen LogP contribution is 2.30. The van der Waals surface area contributed by atoms with Gasteiger partial charge in [0, 0.05) is 11.1 Å². The summed E-state index contributed by atoms with van der Waals surface area (Å²) < 4.78 is 8.50. The first kappa shape index (κ1) is 33.8. The molecule has 0 aliphatic rings. The molecular formula is C37H55N2O2S+. The van der Waals surface area contributed by atoms with Crippen molar-refractivity contribution >= 4 is 22.9 Å². The van der Waals surface area contributed by atoms with Gasteiger partial charge in [0.05, 0.1) is 23.6 Å². The Kier molecular flexibility index (Phi) is 14.6. The number of carbonyl (C=O) groups is 1. The molecule has 3 rings (SSSR count). The fraction of sp³-hybridized carbons (Fsp3) is 0.568. The first-order valence-electron chi connectivity index (χ1n) is 16.3. The number of amides is 1. The number of aromatic nitrogens is 1. The molecule has 4 nitrogen and oxygen atoms in total. The third-order valence-corrected chi connectivity index (χ3v) is 8.76. The average molecular weight is 592 g/mol. The fourth-order valence-corrected chi connectivity index (χ4v) is 5.93. The molecule has 0 unspecified atom stereocenters. The molecule has 1 heterocycles. The topological polar surface area (TPSA) is 42.2 Å². The van der Waals surface area contributed by atoms with Crippen LogP contribution < -0.4 is 14.6 Å². The Morgan fingerprint density at radius 3 is 2.12 bits per heavy atom. The number of unbranched alkanes of at least 4 members (excludes halogenated alkanes) is 11. The summed E-state index contributed by atoms with van der Waals surface area (Å²) in [5, 5.41) is 3.17. The fourth-order valence-electron chi connectivity index (χ4n) is 5.30. The molecule has 1 aromatic heterocycles. The summed E-state index contributed by atoms with van der Waals surface area (Å²) in [5.41, 5.74) is 6.27. The van der Waals surface area contributed by atoms with Gasteiger partial charge in [-0.1, -0.05) is 140 Å². The van der Waals surface area contributed by atoms with E-state index in [1.807, 2.05) is 18.2 Å². The highest BCUT2D eigenvalue weighted by molar-refractivity contribution is 7.09. The first-order chi connectivity index (χ1) is 20.3. The normalized spacial score (nSPS) is 11.5. The van der Waals surface area contributed by atoms with Crippen molar-refractivity contribution in [1.29, 1.82) is 0 Å². The van der Waals surface area contributed by atoms with E-state index in [1.54, 1.807) is 11.3 Å². The molecule has 0 spiro atoms. The lowest BCUT2D eigenvalue weighted by Gasteiger charge is -2.21. The lowest BCUT2D eigenvalue weighted by molar-refractivity contribution is -0.683. The zero-order valence-corrected chi connectivity index (χ0v) is 27.8. The standard InChI is InChI=1S/C37H54N2O2S/c1-6-7-8-9-10-11-12-13-14-15-16-19-24-41-35-26-33(37(3,4)5)23-22-31(35)25-36(40)38-34-21-18-17-20-32(34)28-39-27-30(2)42-29-39/h17-18,20-23,26-27,29H,6-16,19,24-25,28H2,1-5H3/p+1. The van der Waals surface area contributed by atoms with Crippen molar-refractivity contribution in [2.24, 2.45) is 0 Å². The van der Waals surface area contributed by atoms with Crippen LogP contribution in [0.15, 0.2) is 54.2 Å². The van der Waals surface area contributed by atoms with Gasteiger partial charge < -0.3 is 10.1 Å². The maximum Gasteiger partial charge on any atom is 0.228 e. The number of aryl methyl sites for hydroxylation is 1. The van der Waals surface area contributed by atoms with Crippen LogP contribution in [0.2, 0.25) is 0 Å². The Balaban J connectivity index is 1.49. The molecule has 0 saturated carbocycles. The number of nitrogens with one attached hydrogen (secondary N) is 1. The lowest BCUT2D eigenvalue weighted by Crippen LogP contribution is -2.31. The Morgan fingerprint density at radius 1 is 0.857 bits per heavy atom. The molecule has 0 aliphatic carbocycles. The van der Waals surface area contributed by atoms with Gasteiger partial charge in [-0.25, -0.2) is 0 Å². The highest BCUT2D eigenvalue weighted by Gasteiger charge is 2.18. The van der Waals surface area contributed by atoms with Crippen LogP contribution in [0.1, 0.15) is 126 Å². The second kappa shape index (κ2) is 18.1. The number of anilines is 1. The summed E-state index contributed by atoms with van der Waals surface area (Å²) >= 11 is 1.73. The number of carbonyl (C=O) groups excluding carboxylic acids is 1. The van der Waals surface area contributed by atoms with Crippen LogP contribution in [0.25, 0.3) is 0 Å². The van der Waals surface area contributed by atoms with Gasteiger partial charge in [0.15, 0.2) is 12.7 Å². The van der Waals surface area contributed by atoms with Crippen LogP contribution in [0.5, 0.6) is 5.75 Å². The van der Waals surface area contributed by atoms with Crippen LogP contribution in [-0.4, -0.2) is 12.5 Å². The molecule has 2 aromatic carbocycles. The zero-order chi connectivity index (χ0) is 30.2. The van der Waals surface area contributed by atoms with Gasteiger partial charge in [-0.15, -0.1) is 0 Å². The van der Waals surface area contributed by atoms with E-state index in [4.69, 9.17) is 4.74 Å². The van der Waals surface area contributed by atoms with E-state index in [2.05, 4.69) is 80.5 Å². The van der Waals surface area contributed by atoms with E-state index >= 15 is 0 Å². The van der Waals surface area contributed by atoms with Gasteiger partial charge >= 0.3 is 0 Å². The first-order valence-corrected chi connectivity index (χ1v) is 17.2. The van der Waals surface area contributed by atoms with Crippen LogP contribution in [-0.2, 0) is 23.2 Å². The third kappa shape index (κ3) is 12.3. The maximum absolute atomic E-state index is 13.2. The maximum atomic E-state index is 13.2. The largest absolute Gasteiger partial charge is 0.493 e. The van der Waals surface area contributed by atoms with Gasteiger partial charge in [-0.2, -0.15) is 4.57 Å². The molecule has 230 valence electrons. The molecule has 0 fully saturated rings. The predicted molar refractivity (Wildman–Crippen MR) is 179 cm³/mol. The van der Waals surface area contributed by atoms with Crippen molar-refractivity contribution in [1.82, 2.24) is 0 Å². The monoisotopic (exact) mass is 591 g/mol. The SMILES string of the molecule is CCCCCCCCCCCCCCOc1cc(C(C)(C)C)ccc1CC(=O)Nc1ccccc1C[n+]1csc(C)c1. The smallest absolute Gasteiger partial charge is 0.228 e. The molecule has 1 amide bonds. The zero-order valence-electron chi connectivity index (χ0n) is 27.0. The van der Waals surface area contributed by atoms with Crippen LogP contribution in [0, 0.1) is 6.92 Å². The number of hydrogen-bond donors (Lipinski definition) is 1. The Hall–Kier alpha value is -2.66. The minimum Gasteiger partial charge on any atom is -0.493 e. The number of rotatable bonds is 19. The number of hydrogen-bond acceptors (Lipinski definition) is 3. The summed E-state index contributed by atoms with van der Waals surface area (Å²) in [6, 6.07) is 14.4. The summed E-state index contributed by atoms with van der Waals surface area (Å²) in [7, 11) is 0. The van der Waals surface area contributed by atoms with Gasteiger partial charge in [0.1, 0.15) is 5.75 Å². The van der Waals surface area contributed by atoms with Crippen molar-refractivity contribution < 1.29 is 14.1 Å². The van der Waals surface area contributed by atoms with Crippen LogP contribution in [0.4, 0.5) is 5.69 Å². The number of ether oxygens (including phenoxy) is 1. The molecule has 5 heteroatoms. The molecule has 0 atom stereocenters. The molecule has 3 aromatic rings. The van der Waals surface area contributed by atoms with E-state index in [1.165, 1.54) is 81.1 Å². The minimum absolute atomic E-state index is 0.0194. The van der Waals surface area contributed by atoms with Crippen molar-refractivity contribution in [3.8, 4) is 5.75 Å². The average Bonchev–Trinajstić information content (AvgIpc) is 3.36. The van der Waals surface area contributed by atoms with E-state index in [9.17, 15) is 4.79 Å². The number of para-hydroxylation sites is 1. The molecule has 0 aliphatic heterocycles. The Bertz CT molecular complexity index is 1210. The molecular weight excluding hydrogens is 536 g/mol. The molecule has 1 N–H and O–H groups in total. The summed E-state index contributed by atoms with van der Waals surface area (Å²) in [4.78, 5) is 14.5.